The van der Waals surface area contributed by atoms with Gasteiger partial charge in [0.05, 0.1) is 19.8 Å². The molecule has 1 amide bonds. The van der Waals surface area contributed by atoms with Gasteiger partial charge in [0.2, 0.25) is 5.91 Å². The molecule has 0 spiro atoms. The average molecular weight is 957 g/mol. The van der Waals surface area contributed by atoms with Gasteiger partial charge in [-0.25, -0.2) is 0 Å². The lowest BCUT2D eigenvalue weighted by atomic mass is 10.00. The van der Waals surface area contributed by atoms with Crippen LogP contribution in [0.1, 0.15) is 266 Å². The van der Waals surface area contributed by atoms with Gasteiger partial charge >= 0.3 is 11.9 Å². The summed E-state index contributed by atoms with van der Waals surface area (Å²) in [6.07, 6.45) is 43.2. The maximum absolute atomic E-state index is 13.7. The van der Waals surface area contributed by atoms with E-state index in [1.165, 1.54) is 134 Å². The van der Waals surface area contributed by atoms with Gasteiger partial charge in [-0.05, 0) is 103 Å². The predicted molar refractivity (Wildman–Crippen MR) is 287 cm³/mol. The van der Waals surface area contributed by atoms with Crippen LogP contribution in [0.25, 0.3) is 0 Å². The van der Waals surface area contributed by atoms with Crippen molar-refractivity contribution >= 4 is 23.6 Å². The van der Waals surface area contributed by atoms with Crippen LogP contribution < -0.4 is 0 Å². The number of amides is 1. The summed E-state index contributed by atoms with van der Waals surface area (Å²) >= 11 is 0. The summed E-state index contributed by atoms with van der Waals surface area (Å²) in [5, 5.41) is 0. The maximum atomic E-state index is 13.7. The molecule has 1 rings (SSSR count). The molecule has 1 aliphatic rings. The number of piperidine rings is 1. The zero-order chi connectivity index (χ0) is 49.6. The minimum absolute atomic E-state index is 0.0667. The normalized spacial score (nSPS) is 13.2. The summed E-state index contributed by atoms with van der Waals surface area (Å²) in [5.74, 6) is 0.122. The van der Waals surface area contributed by atoms with E-state index in [1.807, 2.05) is 11.0 Å². The Balaban J connectivity index is 2.86. The molecule has 9 nitrogen and oxygen atoms in total. The average Bonchev–Trinajstić information content (AvgIpc) is 3.33. The second kappa shape index (κ2) is 46.8. The highest BCUT2D eigenvalue weighted by Gasteiger charge is 2.20. The van der Waals surface area contributed by atoms with Crippen LogP contribution in [-0.2, 0) is 28.7 Å². The van der Waals surface area contributed by atoms with E-state index in [0.717, 1.165) is 115 Å². The van der Waals surface area contributed by atoms with Crippen LogP contribution >= 0.6 is 0 Å². The molecule has 68 heavy (non-hydrogen) atoms. The van der Waals surface area contributed by atoms with Crippen molar-refractivity contribution in [2.24, 2.45) is 0 Å². The van der Waals surface area contributed by atoms with Crippen LogP contribution in [0.3, 0.4) is 0 Å². The van der Waals surface area contributed by atoms with Crippen molar-refractivity contribution in [2.45, 2.75) is 266 Å². The summed E-state index contributed by atoms with van der Waals surface area (Å²) in [5.41, 5.74) is 2.55. The third kappa shape index (κ3) is 38.3. The number of rotatable bonds is 48. The number of carbonyl (C=O) groups is 4. The third-order valence-corrected chi connectivity index (χ3v) is 13.8. The number of carbonyl (C=O) groups excluding carboxylic acids is 4. The first-order chi connectivity index (χ1) is 33.3. The summed E-state index contributed by atoms with van der Waals surface area (Å²) in [7, 11) is 0. The number of likely N-dealkylation sites (tertiary alicyclic amines) is 1. The first-order valence-electron chi connectivity index (χ1n) is 29.2. The van der Waals surface area contributed by atoms with Crippen molar-refractivity contribution in [3.8, 4) is 0 Å². The number of hydrogen-bond acceptors (Lipinski definition) is 8. The van der Waals surface area contributed by atoms with Gasteiger partial charge in [0, 0.05) is 38.9 Å². The van der Waals surface area contributed by atoms with E-state index in [9.17, 15) is 19.2 Å². The Kier molecular flexibility index (Phi) is 43.7. The van der Waals surface area contributed by atoms with E-state index < -0.39 is 0 Å². The fourth-order valence-electron chi connectivity index (χ4n) is 9.29. The quantitative estimate of drug-likeness (QED) is 0.0258. The van der Waals surface area contributed by atoms with E-state index >= 15 is 0 Å². The Labute approximate surface area is 420 Å². The Morgan fingerprint density at radius 1 is 0.456 bits per heavy atom. The first-order valence-corrected chi connectivity index (χ1v) is 29.2. The second-order valence-corrected chi connectivity index (χ2v) is 20.3. The van der Waals surface area contributed by atoms with E-state index in [0.29, 0.717) is 58.5 Å². The lowest BCUT2D eigenvalue weighted by molar-refractivity contribution is -0.144. The maximum Gasteiger partial charge on any atom is 0.305 e. The molecule has 1 heterocycles. The number of unbranched alkanes of at least 4 members (excludes halogenated alkanes) is 22. The number of hydrogen-bond donors (Lipinski definition) is 0. The van der Waals surface area contributed by atoms with E-state index in [2.05, 4.69) is 50.5 Å². The van der Waals surface area contributed by atoms with Crippen LogP contribution in [0.4, 0.5) is 0 Å². The molecule has 0 atom stereocenters. The van der Waals surface area contributed by atoms with E-state index in [4.69, 9.17) is 9.47 Å². The minimum atomic E-state index is -0.132. The highest BCUT2D eigenvalue weighted by Crippen LogP contribution is 2.21. The standard InChI is InChI=1S/C59H109N3O6/c1-6-11-16-19-22-25-28-35-54(40-47-60(43-29-26-23-20-17-12-7-2)45-33-36-58(65)67-50-31-14-9-4)38-39-57(64)62-48-41-55(42-49-62)52-56(63)53-61(44-30-27-24-21-18-13-8-3)46-34-37-59(66)68-51-32-15-10-5/h38,52H,6-37,39-51,53H2,1-5H3/b54-38+. The monoisotopic (exact) mass is 956 g/mol. The largest absolute Gasteiger partial charge is 0.466 e. The molecule has 396 valence electrons. The van der Waals surface area contributed by atoms with Crippen LogP contribution in [-0.4, -0.2) is 104 Å². The number of esters is 2. The number of nitrogens with zero attached hydrogens (tertiary/aromatic N) is 3. The van der Waals surface area contributed by atoms with Crippen LogP contribution in [0.15, 0.2) is 23.3 Å². The van der Waals surface area contributed by atoms with Gasteiger partial charge in [0.15, 0.2) is 5.78 Å². The van der Waals surface area contributed by atoms with Crippen molar-refractivity contribution in [1.29, 1.82) is 0 Å². The Bertz CT molecular complexity index is 1290. The van der Waals surface area contributed by atoms with Crippen molar-refractivity contribution in [2.75, 3.05) is 65.6 Å². The zero-order valence-corrected chi connectivity index (χ0v) is 45.5. The fraction of sp³-hybridized carbons (Fsp3) is 0.864. The molecule has 1 fully saturated rings. The van der Waals surface area contributed by atoms with Crippen molar-refractivity contribution in [3.05, 3.63) is 23.3 Å². The molecule has 0 aromatic rings. The van der Waals surface area contributed by atoms with Crippen LogP contribution in [0.5, 0.6) is 0 Å². The van der Waals surface area contributed by atoms with Gasteiger partial charge in [0.1, 0.15) is 0 Å². The molecule has 0 radical (unpaired) electrons. The first kappa shape index (κ1) is 63.5. The Morgan fingerprint density at radius 2 is 0.868 bits per heavy atom. The summed E-state index contributed by atoms with van der Waals surface area (Å²) in [4.78, 5) is 58.8. The molecule has 0 aromatic carbocycles. The van der Waals surface area contributed by atoms with Gasteiger partial charge in [0.25, 0.3) is 0 Å². The van der Waals surface area contributed by atoms with Crippen molar-refractivity contribution in [3.63, 3.8) is 0 Å². The Morgan fingerprint density at radius 3 is 1.37 bits per heavy atom. The van der Waals surface area contributed by atoms with Crippen molar-refractivity contribution < 1.29 is 28.7 Å². The topological polar surface area (TPSA) is 96.5 Å². The molecular weight excluding hydrogens is 847 g/mol. The third-order valence-electron chi connectivity index (χ3n) is 13.8. The van der Waals surface area contributed by atoms with Crippen molar-refractivity contribution in [1.82, 2.24) is 14.7 Å². The van der Waals surface area contributed by atoms with Gasteiger partial charge in [-0.15, -0.1) is 0 Å². The minimum Gasteiger partial charge on any atom is -0.466 e. The second-order valence-electron chi connectivity index (χ2n) is 20.3. The molecule has 0 N–H and O–H groups in total. The lowest BCUT2D eigenvalue weighted by Crippen LogP contribution is -2.36. The van der Waals surface area contributed by atoms with E-state index in [1.54, 1.807) is 0 Å². The lowest BCUT2D eigenvalue weighted by Gasteiger charge is -2.28. The number of ketones is 1. The van der Waals surface area contributed by atoms with Gasteiger partial charge < -0.3 is 19.3 Å². The molecular formula is C59H109N3O6. The molecule has 0 unspecified atom stereocenters. The smallest absolute Gasteiger partial charge is 0.305 e. The van der Waals surface area contributed by atoms with Crippen LogP contribution in [0.2, 0.25) is 0 Å². The molecule has 1 aliphatic heterocycles. The molecule has 1 saturated heterocycles. The Hall–Kier alpha value is -2.52. The van der Waals surface area contributed by atoms with Gasteiger partial charge in [-0.3, -0.25) is 24.1 Å². The van der Waals surface area contributed by atoms with Gasteiger partial charge in [-0.1, -0.05) is 193 Å². The van der Waals surface area contributed by atoms with E-state index in [-0.39, 0.29) is 23.6 Å². The fourth-order valence-corrected chi connectivity index (χ4v) is 9.29. The summed E-state index contributed by atoms with van der Waals surface area (Å²) in [6.45, 7) is 18.4. The zero-order valence-electron chi connectivity index (χ0n) is 45.5. The molecule has 0 bridgehead atoms. The summed E-state index contributed by atoms with van der Waals surface area (Å²) < 4.78 is 11.0. The predicted octanol–water partition coefficient (Wildman–Crippen LogP) is 15.1. The highest BCUT2D eigenvalue weighted by atomic mass is 16.5. The highest BCUT2D eigenvalue weighted by molar-refractivity contribution is 5.92. The SMILES string of the molecule is CCCCCCCCC/C(=C\CC(=O)N1CCC(=CC(=O)CN(CCCCCCCCC)CCCC(=O)OCCCCC)CC1)CCN(CCCCCCCCC)CCCC(=O)OCCCCC. The van der Waals surface area contributed by atoms with Crippen LogP contribution in [0, 0.1) is 0 Å². The van der Waals surface area contributed by atoms with Gasteiger partial charge in [-0.2, -0.15) is 0 Å². The molecule has 0 saturated carbocycles. The molecule has 0 aliphatic carbocycles. The molecule has 0 aromatic heterocycles. The summed E-state index contributed by atoms with van der Waals surface area (Å²) in [6, 6.07) is 0. The molecule has 9 heteroatoms. The number of ether oxygens (including phenoxy) is 2.